The maximum absolute atomic E-state index is 14.8. The minimum Gasteiger partial charge on any atom is -0.462 e. The van der Waals surface area contributed by atoms with E-state index in [0.717, 1.165) is 31.1 Å². The molecule has 6 aliphatic heterocycles. The molecule has 4 unspecified atom stereocenters. The summed E-state index contributed by atoms with van der Waals surface area (Å²) in [5.74, 6) is -1.22. The van der Waals surface area contributed by atoms with Crippen LogP contribution in [0.3, 0.4) is 0 Å². The Morgan fingerprint density at radius 2 is 1.19 bits per heavy atom. The van der Waals surface area contributed by atoms with E-state index in [0.29, 0.717) is 44.9 Å². The van der Waals surface area contributed by atoms with Crippen molar-refractivity contribution < 1.29 is 162 Å². The van der Waals surface area contributed by atoms with E-state index in [2.05, 4.69) is 48.7 Å². The number of ether oxygens (including phenoxy) is 13. The van der Waals surface area contributed by atoms with Crippen LogP contribution in [0.15, 0.2) is 23.8 Å². The Balaban J connectivity index is 0.908. The van der Waals surface area contributed by atoms with Gasteiger partial charge < -0.3 is 118 Å². The van der Waals surface area contributed by atoms with Crippen molar-refractivity contribution in [3.63, 3.8) is 0 Å². The third kappa shape index (κ3) is 14.7. The van der Waals surface area contributed by atoms with Gasteiger partial charge in [0.05, 0.1) is 50.5 Å². The van der Waals surface area contributed by atoms with E-state index in [-0.39, 0.29) is 23.2 Å². The second-order valence-corrected chi connectivity index (χ2v) is 31.2. The van der Waals surface area contributed by atoms with Crippen LogP contribution in [0.5, 0.6) is 0 Å². The van der Waals surface area contributed by atoms with Gasteiger partial charge in [0.25, 0.3) is 0 Å². The van der Waals surface area contributed by atoms with E-state index < -0.39 is 241 Å². The van der Waals surface area contributed by atoms with Crippen LogP contribution in [0.25, 0.3) is 0 Å². The topological polar surface area (TPSA) is 504 Å². The summed E-state index contributed by atoms with van der Waals surface area (Å²) in [5, 5.41) is 125. The molecule has 556 valence electrons. The molecule has 13 N–H and O–H groups in total. The highest BCUT2D eigenvalue weighted by molar-refractivity contribution is 7.81. The van der Waals surface area contributed by atoms with Crippen molar-refractivity contribution in [2.75, 3.05) is 40.1 Å². The Morgan fingerprint density at radius 3 is 1.77 bits per heavy atom. The molecule has 36 heteroatoms. The molecule has 4 aliphatic carbocycles. The number of hydrogen-bond acceptors (Lipinski definition) is 32. The average molecular weight is 1440 g/mol. The van der Waals surface area contributed by atoms with Gasteiger partial charge in [0.2, 0.25) is 0 Å². The van der Waals surface area contributed by atoms with Crippen LogP contribution in [-0.4, -0.2) is 293 Å². The SMILES string of the molecule is C=C(C)CCC[C@]1(C)OC(=O)C23CC[C@H]4C(=CC[C@H]5C(C)(C)C(O[C@@H]6OC[C@@H](O)[C@H](O)[C@H]6O[C@@H]6O[C@H](CO)[C@@H](O[C@@H]7O[C@H](COS(=O)(=O)O)[C@@H](O)[C@H](O[C@@H]8O[C@H](COS(=O)(=O)O)[C@@H](O)[C@H](OC)[C@H]8O)[C@H]7O)[C@H](O)[C@H]6O[C@@H]6OC[C@@H](O)[C@H](O)[C@H]6O)CC[C@]45C)[C@]2(C)CC(OC(C)=O)C31. The van der Waals surface area contributed by atoms with Crippen LogP contribution in [0, 0.1) is 39.4 Å². The van der Waals surface area contributed by atoms with Gasteiger partial charge in [-0.3, -0.25) is 18.7 Å². The van der Waals surface area contributed by atoms with E-state index >= 15 is 0 Å². The molecule has 3 saturated carbocycles. The van der Waals surface area contributed by atoms with Crippen LogP contribution < -0.4 is 0 Å². The zero-order chi connectivity index (χ0) is 71.2. The van der Waals surface area contributed by atoms with Crippen molar-refractivity contribution >= 4 is 32.7 Å². The van der Waals surface area contributed by atoms with E-state index in [4.69, 9.17) is 61.6 Å². The summed E-state index contributed by atoms with van der Waals surface area (Å²) in [5.41, 5.74) is -1.52. The monoisotopic (exact) mass is 1440 g/mol. The smallest absolute Gasteiger partial charge is 0.397 e. The summed E-state index contributed by atoms with van der Waals surface area (Å²) in [4.78, 5) is 27.6. The first-order chi connectivity index (χ1) is 45.2. The fourth-order valence-corrected chi connectivity index (χ4v) is 18.5. The first-order valence-corrected chi connectivity index (χ1v) is 35.4. The summed E-state index contributed by atoms with van der Waals surface area (Å²) in [7, 11) is -9.48. The lowest BCUT2D eigenvalue weighted by Crippen LogP contribution is -2.68. The molecule has 6 saturated heterocycles. The van der Waals surface area contributed by atoms with Gasteiger partial charge in [-0.2, -0.15) is 16.8 Å². The molecule has 0 amide bonds. The summed E-state index contributed by atoms with van der Waals surface area (Å²) in [6, 6.07) is 0. The minimum atomic E-state index is -5.32. The van der Waals surface area contributed by atoms with Crippen LogP contribution in [0.2, 0.25) is 0 Å². The van der Waals surface area contributed by atoms with Gasteiger partial charge in [0.15, 0.2) is 31.5 Å². The van der Waals surface area contributed by atoms with Gasteiger partial charge in [0, 0.05) is 19.4 Å². The van der Waals surface area contributed by atoms with Crippen LogP contribution in [0.1, 0.15) is 106 Å². The van der Waals surface area contributed by atoms with Gasteiger partial charge in [-0.05, 0) is 94.3 Å². The highest BCUT2D eigenvalue weighted by atomic mass is 32.3. The maximum Gasteiger partial charge on any atom is 0.397 e. The quantitative estimate of drug-likeness (QED) is 0.0280. The van der Waals surface area contributed by atoms with Gasteiger partial charge in [-0.25, -0.2) is 8.37 Å². The van der Waals surface area contributed by atoms with Crippen molar-refractivity contribution in [1.29, 1.82) is 0 Å². The van der Waals surface area contributed by atoms with E-state index in [1.54, 1.807) is 0 Å². The van der Waals surface area contributed by atoms with Crippen molar-refractivity contribution in [2.45, 2.75) is 265 Å². The molecule has 97 heavy (non-hydrogen) atoms. The number of carbonyl (C=O) groups excluding carboxylic acids is 2. The third-order valence-corrected chi connectivity index (χ3v) is 23.4. The first kappa shape index (κ1) is 76.9. The Bertz CT molecular complexity index is 3070. The van der Waals surface area contributed by atoms with E-state index in [9.17, 15) is 91.7 Å². The fourth-order valence-electron chi connectivity index (χ4n) is 17.9. The summed E-state index contributed by atoms with van der Waals surface area (Å²) < 4.78 is 153. The molecule has 32 atom stereocenters. The van der Waals surface area contributed by atoms with Crippen molar-refractivity contribution in [2.24, 2.45) is 39.4 Å². The number of fused-ring (bicyclic) bond motifs is 4. The minimum absolute atomic E-state index is 0.0187. The Labute approximate surface area is 561 Å². The van der Waals surface area contributed by atoms with Crippen LogP contribution >= 0.6 is 0 Å². The number of aliphatic hydroxyl groups is 11. The number of rotatable bonds is 23. The number of cyclic esters (lactones) is 1. The normalized spacial score (nSPS) is 48.3. The Kier molecular flexibility index (Phi) is 23.1. The largest absolute Gasteiger partial charge is 0.462 e. The zero-order valence-corrected chi connectivity index (χ0v) is 56.7. The molecule has 1 spiro atoms. The van der Waals surface area contributed by atoms with Gasteiger partial charge in [-0.1, -0.05) is 44.9 Å². The van der Waals surface area contributed by atoms with Crippen molar-refractivity contribution in [3.8, 4) is 0 Å². The summed E-state index contributed by atoms with van der Waals surface area (Å²) in [6.45, 7) is 13.2. The van der Waals surface area contributed by atoms with Crippen molar-refractivity contribution in [3.05, 3.63) is 23.8 Å². The number of aliphatic hydroxyl groups excluding tert-OH is 11. The number of hydrogen-bond donors (Lipinski definition) is 13. The molecule has 0 aromatic rings. The second-order valence-electron chi connectivity index (χ2n) is 29.0. The second kappa shape index (κ2) is 29.1. The molecule has 10 aliphatic rings. The Hall–Kier alpha value is -2.72. The summed E-state index contributed by atoms with van der Waals surface area (Å²) >= 11 is 0. The summed E-state index contributed by atoms with van der Waals surface area (Å²) in [6.07, 6.45) is -39.3. The Morgan fingerprint density at radius 1 is 0.639 bits per heavy atom. The van der Waals surface area contributed by atoms with Crippen LogP contribution in [0.4, 0.5) is 0 Å². The molecule has 10 rings (SSSR count). The maximum atomic E-state index is 14.8. The lowest BCUT2D eigenvalue weighted by Gasteiger charge is -2.64. The molecule has 9 fully saturated rings. The third-order valence-electron chi connectivity index (χ3n) is 22.6. The molecule has 0 radical (unpaired) electrons. The standard InChI is InChI=1S/C61H96O34S2/c1-25(2)11-10-16-60(8)50-31(86-26(3)63)19-59(7)28-12-13-35-57(4,5)36(15-17-58(35,6)27(28)14-18-61(50,59)56(74)95-60)90-54-48(38(67)30(65)22-83-54)94-55-49(93-51-41(70)37(66)29(64)21-82-51)42(71)45(32(20-62)87-55)91-53-44(73)47(40(69)34(89-53)24-85-97(78,79)80)92-52-43(72)46(81-9)39(68)33(88-52)23-84-96(75,76)77/h12,27,29-55,62,64-73H,1,10-11,13-24H2,2-9H3,(H,75,76,77)(H,78,79,80)/t27-,29+,30+,31?,32+,33+,34+,35-,36?,37-,38-,39+,40+,41+,42-,43+,44+,45+,46-,47-,48+,49+,50?,51-,52-,53-,54-,55-,58+,59-,60-,61?/m0/s1. The fraction of sp³-hybridized carbons (Fsp3) is 0.902. The molecule has 0 aromatic heterocycles. The molecular formula is C61H96O34S2. The number of esters is 2. The predicted molar refractivity (Wildman–Crippen MR) is 320 cm³/mol. The van der Waals surface area contributed by atoms with Crippen molar-refractivity contribution in [1.82, 2.24) is 0 Å². The highest BCUT2D eigenvalue weighted by Gasteiger charge is 2.79. The number of allylic oxidation sites excluding steroid dienone is 3. The van der Waals surface area contributed by atoms with Gasteiger partial charge in [-0.15, -0.1) is 6.58 Å². The lowest BCUT2D eigenvalue weighted by molar-refractivity contribution is -0.406. The molecular weight excluding hydrogens is 1340 g/mol. The average Bonchev–Trinajstić information content (AvgIpc) is 1.51. The van der Waals surface area contributed by atoms with Gasteiger partial charge in [0.1, 0.15) is 122 Å². The van der Waals surface area contributed by atoms with E-state index in [1.165, 1.54) is 6.92 Å². The predicted octanol–water partition coefficient (Wildman–Crippen LogP) is -2.76. The first-order valence-electron chi connectivity index (χ1n) is 32.7. The van der Waals surface area contributed by atoms with Crippen LogP contribution in [-0.2, 0) is 100 Å². The number of methoxy groups -OCH3 is 1. The highest BCUT2D eigenvalue weighted by Crippen LogP contribution is 2.77. The molecule has 0 bridgehead atoms. The lowest BCUT2D eigenvalue weighted by atomic mass is 9.41. The van der Waals surface area contributed by atoms with E-state index in [1.807, 2.05) is 13.8 Å². The molecule has 6 heterocycles. The van der Waals surface area contributed by atoms with Gasteiger partial charge >= 0.3 is 32.7 Å². The molecule has 0 aromatic carbocycles. The number of carbonyl (C=O) groups is 2. The molecule has 34 nitrogen and oxygen atoms in total. The zero-order valence-electron chi connectivity index (χ0n) is 55.1.